The van der Waals surface area contributed by atoms with Gasteiger partial charge in [0.2, 0.25) is 5.91 Å². The molecule has 160 valence electrons. The van der Waals surface area contributed by atoms with Crippen molar-refractivity contribution in [3.63, 3.8) is 0 Å². The number of nitrogens with zero attached hydrogens (tertiary/aromatic N) is 5. The molecule has 1 aromatic carbocycles. The van der Waals surface area contributed by atoms with E-state index in [4.69, 9.17) is 5.10 Å². The Bertz CT molecular complexity index is 851. The number of hydrogen-bond acceptors (Lipinski definition) is 6. The molecule has 0 spiro atoms. The zero-order chi connectivity index (χ0) is 20.7. The van der Waals surface area contributed by atoms with Gasteiger partial charge in [-0.25, -0.2) is 0 Å². The van der Waals surface area contributed by atoms with Crippen molar-refractivity contribution in [2.24, 2.45) is 11.0 Å². The summed E-state index contributed by atoms with van der Waals surface area (Å²) in [6.07, 6.45) is 4.24. The minimum atomic E-state index is 0.182. The fourth-order valence-corrected chi connectivity index (χ4v) is 5.82. The van der Waals surface area contributed by atoms with Crippen LogP contribution in [0.5, 0.6) is 0 Å². The second-order valence-electron chi connectivity index (χ2n) is 8.98. The Morgan fingerprint density at radius 2 is 1.73 bits per heavy atom. The van der Waals surface area contributed by atoms with Gasteiger partial charge in [0.05, 0.1) is 11.6 Å². The Morgan fingerprint density at radius 1 is 1.03 bits per heavy atom. The van der Waals surface area contributed by atoms with Gasteiger partial charge in [-0.3, -0.25) is 9.80 Å². The van der Waals surface area contributed by atoms with Crippen LogP contribution in [-0.4, -0.2) is 83.6 Å². The number of benzene rings is 1. The van der Waals surface area contributed by atoms with Gasteiger partial charge in [-0.2, -0.15) is 0 Å². The van der Waals surface area contributed by atoms with Crippen molar-refractivity contribution < 1.29 is 4.79 Å². The number of carbonyl (C=O) groups excluding carboxylic acids is 1. The highest BCUT2D eigenvalue weighted by molar-refractivity contribution is 8.17. The van der Waals surface area contributed by atoms with Gasteiger partial charge in [0.1, 0.15) is 0 Å². The lowest BCUT2D eigenvalue weighted by Crippen LogP contribution is -2.50. The van der Waals surface area contributed by atoms with Crippen LogP contribution in [0, 0.1) is 12.8 Å². The molecule has 7 heteroatoms. The van der Waals surface area contributed by atoms with Crippen molar-refractivity contribution in [1.29, 1.82) is 0 Å². The molecule has 0 saturated carbocycles. The molecule has 4 aliphatic rings. The fourth-order valence-electron chi connectivity index (χ4n) is 4.73. The third kappa shape index (κ3) is 3.97. The lowest BCUT2D eigenvalue weighted by molar-refractivity contribution is -0.138. The highest BCUT2D eigenvalue weighted by atomic mass is 32.2. The summed E-state index contributed by atoms with van der Waals surface area (Å²) in [7, 11) is 2.13. The van der Waals surface area contributed by atoms with Gasteiger partial charge in [0.15, 0.2) is 5.17 Å². The third-order valence-electron chi connectivity index (χ3n) is 6.81. The summed E-state index contributed by atoms with van der Waals surface area (Å²) in [5.41, 5.74) is 2.66. The molecule has 4 aliphatic heterocycles. The Balaban J connectivity index is 1.14. The summed E-state index contributed by atoms with van der Waals surface area (Å²) in [5, 5.41) is 9.42. The molecule has 0 N–H and O–H groups in total. The van der Waals surface area contributed by atoms with E-state index in [1.165, 1.54) is 16.2 Å². The first-order chi connectivity index (χ1) is 14.6. The van der Waals surface area contributed by atoms with Crippen molar-refractivity contribution in [2.45, 2.75) is 25.7 Å². The summed E-state index contributed by atoms with van der Waals surface area (Å²) < 4.78 is 0. The van der Waals surface area contributed by atoms with E-state index in [0.717, 1.165) is 63.8 Å². The summed E-state index contributed by atoms with van der Waals surface area (Å²) in [5.74, 6) is 0.972. The van der Waals surface area contributed by atoms with Gasteiger partial charge in [-0.15, -0.1) is 5.10 Å². The third-order valence-corrected chi connectivity index (χ3v) is 7.88. The molecule has 0 aromatic heterocycles. The lowest BCUT2D eigenvalue weighted by atomic mass is 9.95. The van der Waals surface area contributed by atoms with Gasteiger partial charge in [0.25, 0.3) is 0 Å². The molecular weight excluding hydrogens is 394 g/mol. The molecule has 6 nitrogen and oxygen atoms in total. The zero-order valence-electron chi connectivity index (χ0n) is 18.0. The number of carbonyl (C=O) groups is 1. The topological polar surface area (TPSA) is 42.4 Å². The smallest absolute Gasteiger partial charge is 0.225 e. The number of thioether (sulfide) groups is 1. The number of hydrogen-bond donors (Lipinski definition) is 0. The number of amides is 1. The average molecular weight is 426 g/mol. The fraction of sp³-hybridized carbons (Fsp3) is 0.565. The first kappa shape index (κ1) is 19.9. The van der Waals surface area contributed by atoms with Crippen molar-refractivity contribution >= 4 is 22.8 Å². The number of aryl methyl sites for hydroxylation is 1. The van der Waals surface area contributed by atoms with E-state index in [1.54, 1.807) is 11.8 Å². The number of amidine groups is 1. The summed E-state index contributed by atoms with van der Waals surface area (Å²) >= 11 is 1.79. The Hall–Kier alpha value is -1.99. The molecule has 30 heavy (non-hydrogen) atoms. The molecular formula is C23H31N5OS. The number of piperazine rings is 1. The number of rotatable bonds is 2. The Labute approximate surface area is 183 Å². The van der Waals surface area contributed by atoms with Crippen LogP contribution in [-0.2, 0) is 4.79 Å². The van der Waals surface area contributed by atoms with E-state index in [9.17, 15) is 4.79 Å². The Kier molecular flexibility index (Phi) is 5.50. The van der Waals surface area contributed by atoms with Gasteiger partial charge < -0.3 is 14.7 Å². The Morgan fingerprint density at radius 3 is 2.40 bits per heavy atom. The van der Waals surface area contributed by atoms with Crippen molar-refractivity contribution in [3.8, 4) is 0 Å². The zero-order valence-corrected chi connectivity index (χ0v) is 18.8. The van der Waals surface area contributed by atoms with Crippen LogP contribution in [0.25, 0.3) is 0 Å². The molecule has 2 saturated heterocycles. The van der Waals surface area contributed by atoms with E-state index >= 15 is 0 Å². The predicted molar refractivity (Wildman–Crippen MR) is 122 cm³/mol. The van der Waals surface area contributed by atoms with E-state index < -0.39 is 0 Å². The normalized spacial score (nSPS) is 25.4. The number of hydrazone groups is 1. The molecule has 2 fully saturated rings. The van der Waals surface area contributed by atoms with E-state index in [2.05, 4.69) is 64.0 Å². The lowest BCUT2D eigenvalue weighted by Gasteiger charge is -2.37. The van der Waals surface area contributed by atoms with Crippen LogP contribution < -0.4 is 0 Å². The van der Waals surface area contributed by atoms with Gasteiger partial charge in [0, 0.05) is 51.1 Å². The molecule has 0 radical (unpaired) electrons. The molecule has 1 atom stereocenters. The van der Waals surface area contributed by atoms with Crippen molar-refractivity contribution in [2.75, 3.05) is 52.9 Å². The van der Waals surface area contributed by atoms with E-state index in [-0.39, 0.29) is 5.92 Å². The molecule has 1 amide bonds. The molecule has 4 heterocycles. The van der Waals surface area contributed by atoms with Gasteiger partial charge >= 0.3 is 0 Å². The maximum Gasteiger partial charge on any atom is 0.225 e. The standard InChI is InChI=1S/C23H31N5OS/c1-17-3-5-18(6-4-17)20-15-21-28(16-20)24-23(30-21)27-9-7-19(8-10-27)22(29)26-13-11-25(2)12-14-26/h3-6,15,19-20H,7-14,16H2,1-2H3. The van der Waals surface area contributed by atoms with E-state index in [1.807, 2.05) is 0 Å². The van der Waals surface area contributed by atoms with Crippen molar-refractivity contribution in [1.82, 2.24) is 19.7 Å². The van der Waals surface area contributed by atoms with Crippen LogP contribution >= 0.6 is 11.8 Å². The van der Waals surface area contributed by atoms with Gasteiger partial charge in [-0.05, 0) is 50.2 Å². The molecule has 0 bridgehead atoms. The average Bonchev–Trinajstić information content (AvgIpc) is 3.34. The number of fused-ring (bicyclic) bond motifs is 1. The first-order valence-corrected chi connectivity index (χ1v) is 11.9. The molecule has 5 rings (SSSR count). The maximum atomic E-state index is 12.9. The SMILES string of the molecule is Cc1ccc(C2C=C3SC(N4CCC(C(=O)N5CCN(C)CC5)CC4)=NN3C2)cc1. The van der Waals surface area contributed by atoms with Crippen LogP contribution in [0.15, 0.2) is 40.5 Å². The number of likely N-dealkylation sites (tertiary alicyclic amines) is 1. The number of likely N-dealkylation sites (N-methyl/N-ethyl adjacent to an activating group) is 1. The monoisotopic (exact) mass is 425 g/mol. The second kappa shape index (κ2) is 8.27. The predicted octanol–water partition coefficient (Wildman–Crippen LogP) is 2.74. The molecule has 1 unspecified atom stereocenters. The van der Waals surface area contributed by atoms with Crippen LogP contribution in [0.4, 0.5) is 0 Å². The first-order valence-electron chi connectivity index (χ1n) is 11.1. The van der Waals surface area contributed by atoms with Crippen molar-refractivity contribution in [3.05, 3.63) is 46.5 Å². The summed E-state index contributed by atoms with van der Waals surface area (Å²) in [6, 6.07) is 8.84. The largest absolute Gasteiger partial charge is 0.349 e. The second-order valence-corrected chi connectivity index (χ2v) is 9.97. The van der Waals surface area contributed by atoms with Gasteiger partial charge in [-0.1, -0.05) is 29.8 Å². The maximum absolute atomic E-state index is 12.9. The van der Waals surface area contributed by atoms with Crippen LogP contribution in [0.1, 0.15) is 29.9 Å². The van der Waals surface area contributed by atoms with Crippen LogP contribution in [0.3, 0.4) is 0 Å². The highest BCUT2D eigenvalue weighted by Crippen LogP contribution is 2.41. The van der Waals surface area contributed by atoms with Crippen LogP contribution in [0.2, 0.25) is 0 Å². The quantitative estimate of drug-likeness (QED) is 0.729. The summed E-state index contributed by atoms with van der Waals surface area (Å²) in [6.45, 7) is 8.65. The minimum absolute atomic E-state index is 0.182. The minimum Gasteiger partial charge on any atom is -0.349 e. The highest BCUT2D eigenvalue weighted by Gasteiger charge is 2.36. The summed E-state index contributed by atoms with van der Waals surface area (Å²) in [4.78, 5) is 19.6. The number of piperidine rings is 1. The van der Waals surface area contributed by atoms with E-state index in [0.29, 0.717) is 11.8 Å². The molecule has 0 aliphatic carbocycles. The molecule has 1 aromatic rings.